The fourth-order valence-corrected chi connectivity index (χ4v) is 3.55. The predicted molar refractivity (Wildman–Crippen MR) is 137 cm³/mol. The van der Waals surface area contributed by atoms with Crippen molar-refractivity contribution >= 4 is 23.4 Å². The summed E-state index contributed by atoms with van der Waals surface area (Å²) in [5, 5.41) is 7.03. The molecule has 2 aromatic carbocycles. The van der Waals surface area contributed by atoms with Crippen LogP contribution in [0.25, 0.3) is 0 Å². The lowest BCUT2D eigenvalue weighted by Crippen LogP contribution is -2.46. The van der Waals surface area contributed by atoms with Gasteiger partial charge in [-0.15, -0.1) is 0 Å². The quantitative estimate of drug-likeness (QED) is 0.451. The Bertz CT molecular complexity index is 1130. The van der Waals surface area contributed by atoms with Crippen molar-refractivity contribution in [2.75, 3.05) is 16.8 Å². The van der Waals surface area contributed by atoms with E-state index in [0.717, 1.165) is 5.56 Å². The highest BCUT2D eigenvalue weighted by Gasteiger charge is 2.29. The number of nitrogens with zero attached hydrogens (tertiary/aromatic N) is 3. The van der Waals surface area contributed by atoms with E-state index in [-0.39, 0.29) is 18.6 Å². The third-order valence-corrected chi connectivity index (χ3v) is 5.09. The average Bonchev–Trinajstić information content (AvgIpc) is 3.27. The lowest BCUT2D eigenvalue weighted by atomic mass is 10.1. The zero-order valence-corrected chi connectivity index (χ0v) is 21.2. The number of benzene rings is 2. The van der Waals surface area contributed by atoms with Gasteiger partial charge in [-0.2, -0.15) is 5.10 Å². The van der Waals surface area contributed by atoms with Crippen LogP contribution in [0.4, 0.5) is 16.2 Å². The molecule has 35 heavy (non-hydrogen) atoms. The van der Waals surface area contributed by atoms with Crippen molar-refractivity contribution in [3.05, 3.63) is 72.1 Å². The zero-order chi connectivity index (χ0) is 25.6. The molecule has 0 bridgehead atoms. The molecule has 0 aliphatic rings. The molecule has 0 saturated heterocycles. The number of carbonyl (C=O) groups is 2. The maximum absolute atomic E-state index is 12.9. The zero-order valence-electron chi connectivity index (χ0n) is 21.2. The minimum Gasteiger partial charge on any atom is -0.490 e. The van der Waals surface area contributed by atoms with E-state index in [1.165, 1.54) is 0 Å². The van der Waals surface area contributed by atoms with Crippen molar-refractivity contribution in [3.63, 3.8) is 0 Å². The molecule has 3 rings (SSSR count). The number of amides is 2. The second-order valence-electron chi connectivity index (χ2n) is 9.56. The summed E-state index contributed by atoms with van der Waals surface area (Å²) in [5.41, 5.74) is 2.23. The Morgan fingerprint density at radius 3 is 2.43 bits per heavy atom. The fraction of sp³-hybridized carbons (Fsp3) is 0.370. The van der Waals surface area contributed by atoms with Crippen LogP contribution < -0.4 is 15.0 Å². The molecule has 0 radical (unpaired) electrons. The Morgan fingerprint density at radius 2 is 1.83 bits per heavy atom. The molecule has 2 amide bonds. The summed E-state index contributed by atoms with van der Waals surface area (Å²) in [5.74, 6) is 0.282. The van der Waals surface area contributed by atoms with Gasteiger partial charge in [0.15, 0.2) is 0 Å². The summed E-state index contributed by atoms with van der Waals surface area (Å²) in [4.78, 5) is 27.5. The maximum atomic E-state index is 12.9. The molecule has 0 unspecified atom stereocenters. The smallest absolute Gasteiger partial charge is 0.414 e. The number of aryl methyl sites for hydroxylation is 1. The van der Waals surface area contributed by atoms with Crippen molar-refractivity contribution in [1.82, 2.24) is 9.78 Å². The monoisotopic (exact) mass is 478 g/mol. The minimum absolute atomic E-state index is 0.0506. The third-order valence-electron chi connectivity index (χ3n) is 5.09. The first-order chi connectivity index (χ1) is 16.5. The number of carbonyl (C=O) groups excluding carboxylic acids is 2. The van der Waals surface area contributed by atoms with Crippen molar-refractivity contribution in [2.24, 2.45) is 0 Å². The molecule has 0 atom stereocenters. The van der Waals surface area contributed by atoms with Gasteiger partial charge in [0, 0.05) is 29.3 Å². The number of anilines is 2. The van der Waals surface area contributed by atoms with Gasteiger partial charge in [0.2, 0.25) is 0 Å². The standard InChI is InChI=1S/C27H34N4O4/c1-19(2)35-24-18-20(3)8-13-23(24)25(32)29-21-9-11-22(12-10-21)31(27(4,5)6)26(33)34-17-16-30-15-7-14-28-30/h7-15,18-19H,16-17H2,1-6H3,(H,29,32). The highest BCUT2D eigenvalue weighted by molar-refractivity contribution is 6.06. The first kappa shape index (κ1) is 25.8. The lowest BCUT2D eigenvalue weighted by molar-refractivity contribution is 0.102. The second kappa shape index (κ2) is 11.1. The van der Waals surface area contributed by atoms with Gasteiger partial charge in [0.25, 0.3) is 5.91 Å². The van der Waals surface area contributed by atoms with Crippen LogP contribution in [-0.4, -0.2) is 40.0 Å². The van der Waals surface area contributed by atoms with Gasteiger partial charge in [-0.05, 0) is 89.6 Å². The molecule has 0 aliphatic carbocycles. The van der Waals surface area contributed by atoms with Gasteiger partial charge >= 0.3 is 6.09 Å². The Balaban J connectivity index is 1.71. The molecule has 8 nitrogen and oxygen atoms in total. The Kier molecular flexibility index (Phi) is 8.17. The molecule has 0 saturated carbocycles. The van der Waals surface area contributed by atoms with Gasteiger partial charge in [0.1, 0.15) is 12.4 Å². The van der Waals surface area contributed by atoms with Gasteiger partial charge < -0.3 is 14.8 Å². The van der Waals surface area contributed by atoms with Crippen LogP contribution in [-0.2, 0) is 11.3 Å². The van der Waals surface area contributed by atoms with E-state index in [9.17, 15) is 9.59 Å². The highest BCUT2D eigenvalue weighted by atomic mass is 16.6. The molecule has 0 spiro atoms. The van der Waals surface area contributed by atoms with Crippen LogP contribution in [0, 0.1) is 6.92 Å². The highest BCUT2D eigenvalue weighted by Crippen LogP contribution is 2.27. The molecule has 1 heterocycles. The number of hydrogen-bond acceptors (Lipinski definition) is 5. The van der Waals surface area contributed by atoms with Crippen LogP contribution in [0.3, 0.4) is 0 Å². The summed E-state index contributed by atoms with van der Waals surface area (Å²) < 4.78 is 13.0. The van der Waals surface area contributed by atoms with E-state index in [2.05, 4.69) is 10.4 Å². The van der Waals surface area contributed by atoms with Crippen molar-refractivity contribution in [2.45, 2.75) is 59.7 Å². The van der Waals surface area contributed by atoms with Crippen LogP contribution in [0.5, 0.6) is 5.75 Å². The molecule has 186 valence electrons. The van der Waals surface area contributed by atoms with Gasteiger partial charge in [-0.1, -0.05) is 6.07 Å². The lowest BCUT2D eigenvalue weighted by Gasteiger charge is -2.34. The first-order valence-electron chi connectivity index (χ1n) is 11.7. The predicted octanol–water partition coefficient (Wildman–Crippen LogP) is 5.67. The summed E-state index contributed by atoms with van der Waals surface area (Å²) in [6.07, 6.45) is 3.00. The van der Waals surface area contributed by atoms with E-state index in [0.29, 0.717) is 29.2 Å². The second-order valence-corrected chi connectivity index (χ2v) is 9.56. The summed E-state index contributed by atoms with van der Waals surface area (Å²) in [6, 6.07) is 14.4. The number of rotatable bonds is 8. The van der Waals surface area contributed by atoms with E-state index in [4.69, 9.17) is 9.47 Å². The van der Waals surface area contributed by atoms with Crippen LogP contribution >= 0.6 is 0 Å². The molecular weight excluding hydrogens is 444 g/mol. The van der Waals surface area contributed by atoms with Crippen molar-refractivity contribution in [3.8, 4) is 5.75 Å². The normalized spacial score (nSPS) is 11.3. The SMILES string of the molecule is Cc1ccc(C(=O)Nc2ccc(N(C(=O)OCCn3cccn3)C(C)(C)C)cc2)c(OC(C)C)c1. The first-order valence-corrected chi connectivity index (χ1v) is 11.7. The number of hydrogen-bond donors (Lipinski definition) is 1. The minimum atomic E-state index is -0.515. The largest absolute Gasteiger partial charge is 0.490 e. The van der Waals surface area contributed by atoms with E-state index in [1.807, 2.05) is 65.9 Å². The molecule has 1 N–H and O–H groups in total. The molecule has 0 aliphatic heterocycles. The van der Waals surface area contributed by atoms with Gasteiger partial charge in [-0.25, -0.2) is 4.79 Å². The summed E-state index contributed by atoms with van der Waals surface area (Å²) >= 11 is 0. The van der Waals surface area contributed by atoms with E-state index < -0.39 is 11.6 Å². The summed E-state index contributed by atoms with van der Waals surface area (Å²) in [6.45, 7) is 12.3. The third kappa shape index (κ3) is 7.09. The van der Waals surface area contributed by atoms with Crippen molar-refractivity contribution in [1.29, 1.82) is 0 Å². The Labute approximate surface area is 206 Å². The Morgan fingerprint density at radius 1 is 1.11 bits per heavy atom. The topological polar surface area (TPSA) is 85.7 Å². The van der Waals surface area contributed by atoms with Gasteiger partial charge in [0.05, 0.1) is 18.2 Å². The number of nitrogens with one attached hydrogen (secondary N) is 1. The fourth-order valence-electron chi connectivity index (χ4n) is 3.55. The van der Waals surface area contributed by atoms with Crippen LogP contribution in [0.1, 0.15) is 50.5 Å². The van der Waals surface area contributed by atoms with Crippen LogP contribution in [0.15, 0.2) is 60.9 Å². The van der Waals surface area contributed by atoms with Gasteiger partial charge in [-0.3, -0.25) is 14.4 Å². The van der Waals surface area contributed by atoms with E-state index in [1.54, 1.807) is 46.1 Å². The average molecular weight is 479 g/mol. The molecule has 8 heteroatoms. The molecular formula is C27H34N4O4. The van der Waals surface area contributed by atoms with Crippen molar-refractivity contribution < 1.29 is 19.1 Å². The summed E-state index contributed by atoms with van der Waals surface area (Å²) in [7, 11) is 0. The molecule has 1 aromatic heterocycles. The maximum Gasteiger partial charge on any atom is 0.414 e. The Hall–Kier alpha value is -3.81. The molecule has 3 aromatic rings. The number of ether oxygens (including phenoxy) is 2. The molecule has 0 fully saturated rings. The van der Waals surface area contributed by atoms with Crippen LogP contribution in [0.2, 0.25) is 0 Å². The number of aromatic nitrogens is 2. The van der Waals surface area contributed by atoms with E-state index >= 15 is 0 Å².